The Morgan fingerprint density at radius 2 is 1.57 bits per heavy atom. The summed E-state index contributed by atoms with van der Waals surface area (Å²) in [5, 5.41) is 25.4. The molecule has 69 heavy (non-hydrogen) atoms. The van der Waals surface area contributed by atoms with Crippen LogP contribution in [0.2, 0.25) is 0 Å². The van der Waals surface area contributed by atoms with Gasteiger partial charge in [-0.15, -0.1) is 0 Å². The van der Waals surface area contributed by atoms with Crippen LogP contribution in [0.15, 0.2) is 42.6 Å². The summed E-state index contributed by atoms with van der Waals surface area (Å²) in [5.74, 6) is -4.53. The molecule has 2 aromatic heterocycles. The van der Waals surface area contributed by atoms with Crippen molar-refractivity contribution in [2.75, 3.05) is 81.9 Å². The number of aliphatic hydroxyl groups is 1. The molecule has 5 fully saturated rings. The molecule has 0 bridgehead atoms. The van der Waals surface area contributed by atoms with Gasteiger partial charge in [0.1, 0.15) is 40.2 Å². The van der Waals surface area contributed by atoms with Crippen LogP contribution >= 0.6 is 0 Å². The Balaban J connectivity index is 0.797. The molecule has 1 aliphatic carbocycles. The number of hydrogen-bond donors (Lipinski definition) is 3. The van der Waals surface area contributed by atoms with E-state index in [2.05, 4.69) is 32.0 Å². The number of nitrogens with zero attached hydrogens (tertiary/aromatic N) is 7. The van der Waals surface area contributed by atoms with E-state index < -0.39 is 46.6 Å². The molecule has 1 saturated carbocycles. The lowest BCUT2D eigenvalue weighted by Crippen LogP contribution is -2.52. The number of fused-ring (bicyclic) bond motifs is 2. The minimum Gasteiger partial charge on any atom is -0.508 e. The van der Waals surface area contributed by atoms with Crippen LogP contribution in [-0.2, 0) is 16.0 Å². The molecule has 2 amide bonds. The summed E-state index contributed by atoms with van der Waals surface area (Å²) in [6, 6.07) is 8.49. The fourth-order valence-electron chi connectivity index (χ4n) is 11.3. The number of β-amino-alcohol motifs (C(OH)–C–C–N with tert-alkyl or cyclic N) is 1. The number of carbonyl (C=O) groups excluding carboxylic acids is 2. The first-order valence-electron chi connectivity index (χ1n) is 24.4. The number of halogens is 4. The maximum absolute atomic E-state index is 17.1. The van der Waals surface area contributed by atoms with Gasteiger partial charge in [-0.1, -0.05) is 19.9 Å². The maximum Gasteiger partial charge on any atom is 0.319 e. The molecule has 366 valence electrons. The summed E-state index contributed by atoms with van der Waals surface area (Å²) in [5.41, 5.74) is -0.279. The van der Waals surface area contributed by atoms with Crippen LogP contribution in [0.1, 0.15) is 89.2 Å². The van der Waals surface area contributed by atoms with Crippen molar-refractivity contribution >= 4 is 45.0 Å². The van der Waals surface area contributed by atoms with Gasteiger partial charge in [-0.05, 0) is 123 Å². The van der Waals surface area contributed by atoms with Crippen molar-refractivity contribution in [3.63, 3.8) is 0 Å². The van der Waals surface area contributed by atoms with Crippen LogP contribution in [0, 0.1) is 34.1 Å². The average molecular weight is 953 g/mol. The highest BCUT2D eigenvalue weighted by Gasteiger charge is 2.46. The number of likely N-dealkylation sites (tertiary alicyclic amines) is 1. The zero-order valence-electron chi connectivity index (χ0n) is 39.5. The van der Waals surface area contributed by atoms with Gasteiger partial charge in [0.05, 0.1) is 23.5 Å². The number of piperazine rings is 1. The minimum atomic E-state index is -1.03. The van der Waals surface area contributed by atoms with Crippen molar-refractivity contribution in [3.8, 4) is 23.0 Å². The summed E-state index contributed by atoms with van der Waals surface area (Å²) >= 11 is 0. The molecular formula is C52H60F4N8O5. The zero-order chi connectivity index (χ0) is 48.4. The molecular weight excluding hydrogens is 893 g/mol. The highest BCUT2D eigenvalue weighted by atomic mass is 19.1. The predicted molar refractivity (Wildman–Crippen MR) is 254 cm³/mol. The number of hydrogen-bond acceptors (Lipinski definition) is 12. The molecule has 3 N–H and O–H groups in total. The molecule has 10 rings (SSSR count). The fourth-order valence-corrected chi connectivity index (χ4v) is 11.3. The van der Waals surface area contributed by atoms with E-state index in [1.54, 1.807) is 13.0 Å². The summed E-state index contributed by atoms with van der Waals surface area (Å²) in [4.78, 5) is 46.9. The van der Waals surface area contributed by atoms with Crippen LogP contribution in [0.5, 0.6) is 11.8 Å². The van der Waals surface area contributed by atoms with Crippen molar-refractivity contribution < 1.29 is 42.1 Å². The third-order valence-electron chi connectivity index (χ3n) is 15.5. The van der Waals surface area contributed by atoms with E-state index in [4.69, 9.17) is 9.72 Å². The van der Waals surface area contributed by atoms with E-state index in [-0.39, 0.29) is 64.3 Å². The smallest absolute Gasteiger partial charge is 0.319 e. The summed E-state index contributed by atoms with van der Waals surface area (Å²) < 4.78 is 69.4. The van der Waals surface area contributed by atoms with Crippen LogP contribution in [0.25, 0.3) is 32.9 Å². The monoisotopic (exact) mass is 952 g/mol. The third kappa shape index (κ3) is 9.53. The number of pyridine rings is 1. The van der Waals surface area contributed by atoms with Crippen LogP contribution < -0.4 is 19.9 Å². The molecule has 5 aliphatic rings. The number of piperidine rings is 3. The standard InChI is InChI=1S/C52H60F4N8O5/c1-4-34-38(53)8-6-31-22-33(65)25-36(42(31)34)45-44(56)46-37(26-57-45)47(64-15-5-10-51(3,68)28-64)60-49(59-46)69-30-52(11-12-52)29-61-16-13-50(2,14-17-61)27-62-18-20-63(21-19-62)32-23-39(54)43(40(55)24-32)35-7-9-41(66)58-48(35)67/h6,8,22-26,35,65,68H,4-5,7,9-21,27-30H2,1-3H3,(H,58,66,67)/t35?,51-/m1/s1. The highest BCUT2D eigenvalue weighted by Crippen LogP contribution is 2.48. The van der Waals surface area contributed by atoms with Crippen molar-refractivity contribution in [2.24, 2.45) is 10.8 Å². The van der Waals surface area contributed by atoms with E-state index >= 15 is 17.6 Å². The topological polar surface area (TPSA) is 147 Å². The van der Waals surface area contributed by atoms with E-state index in [0.717, 1.165) is 65.0 Å². The Hall–Kier alpha value is -5.65. The maximum atomic E-state index is 17.1. The molecule has 1 unspecified atom stereocenters. The highest BCUT2D eigenvalue weighted by molar-refractivity contribution is 6.02. The Bertz CT molecular complexity index is 2800. The second-order valence-corrected chi connectivity index (χ2v) is 21.0. The third-order valence-corrected chi connectivity index (χ3v) is 15.5. The number of imide groups is 1. The van der Waals surface area contributed by atoms with Crippen LogP contribution in [0.4, 0.5) is 29.1 Å². The summed E-state index contributed by atoms with van der Waals surface area (Å²) in [6.45, 7) is 13.5. The normalized spacial score (nSPS) is 23.2. The Labute approximate surface area is 398 Å². The zero-order valence-corrected chi connectivity index (χ0v) is 39.5. The van der Waals surface area contributed by atoms with E-state index in [1.807, 2.05) is 16.7 Å². The average Bonchev–Trinajstić information content (AvgIpc) is 4.08. The molecule has 0 radical (unpaired) electrons. The molecule has 6 heterocycles. The number of benzene rings is 3. The molecule has 5 aromatic rings. The molecule has 3 aromatic carbocycles. The van der Waals surface area contributed by atoms with Gasteiger partial charge in [0.2, 0.25) is 11.8 Å². The molecule has 4 saturated heterocycles. The van der Waals surface area contributed by atoms with Gasteiger partial charge in [-0.3, -0.25) is 24.8 Å². The number of aryl methyl sites for hydroxylation is 1. The number of aromatic hydroxyl groups is 1. The molecule has 2 atom stereocenters. The predicted octanol–water partition coefficient (Wildman–Crippen LogP) is 7.62. The first kappa shape index (κ1) is 47.0. The van der Waals surface area contributed by atoms with E-state index in [1.165, 1.54) is 36.5 Å². The number of phenolic OH excluding ortho intramolecular Hbond substituents is 1. The quantitative estimate of drug-likeness (QED) is 0.0835. The van der Waals surface area contributed by atoms with E-state index in [0.29, 0.717) is 78.7 Å². The van der Waals surface area contributed by atoms with Gasteiger partial charge in [-0.2, -0.15) is 9.97 Å². The van der Waals surface area contributed by atoms with Crippen LogP contribution in [0.3, 0.4) is 0 Å². The number of aromatic nitrogens is 3. The summed E-state index contributed by atoms with van der Waals surface area (Å²) in [6.07, 6.45) is 7.26. The molecule has 13 nitrogen and oxygen atoms in total. The van der Waals surface area contributed by atoms with E-state index in [9.17, 15) is 19.8 Å². The van der Waals surface area contributed by atoms with Crippen LogP contribution in [-0.4, -0.2) is 124 Å². The number of nitrogens with one attached hydrogen (secondary N) is 1. The Kier molecular flexibility index (Phi) is 12.5. The lowest BCUT2D eigenvalue weighted by atomic mass is 9.79. The number of anilines is 2. The largest absolute Gasteiger partial charge is 0.508 e. The van der Waals surface area contributed by atoms with Gasteiger partial charge in [0.15, 0.2) is 5.82 Å². The van der Waals surface area contributed by atoms with Gasteiger partial charge >= 0.3 is 6.01 Å². The van der Waals surface area contributed by atoms with Crippen molar-refractivity contribution in [3.05, 3.63) is 77.0 Å². The van der Waals surface area contributed by atoms with Gasteiger partial charge in [-0.25, -0.2) is 17.6 Å². The molecule has 4 aliphatic heterocycles. The Morgan fingerprint density at radius 3 is 2.25 bits per heavy atom. The molecule has 17 heteroatoms. The number of amides is 2. The number of rotatable bonds is 12. The summed E-state index contributed by atoms with van der Waals surface area (Å²) in [7, 11) is 0. The SMILES string of the molecule is CCc1c(F)ccc2cc(O)cc(-c3ncc4c(N5CCC[C@@](C)(O)C5)nc(OCC5(CN6CCC(C)(CN7CCN(c8cc(F)c(C9CCC(=O)NC9=O)c(F)c8)CC7)CC6)CC5)nc4c3F)c12. The van der Waals surface area contributed by atoms with Gasteiger partial charge < -0.3 is 29.6 Å². The second-order valence-electron chi connectivity index (χ2n) is 21.0. The second kappa shape index (κ2) is 18.3. The first-order valence-corrected chi connectivity index (χ1v) is 24.4. The minimum absolute atomic E-state index is 0.0128. The van der Waals surface area contributed by atoms with Gasteiger partial charge in [0.25, 0.3) is 0 Å². The number of ether oxygens (including phenoxy) is 1. The number of carbonyl (C=O) groups is 2. The van der Waals surface area contributed by atoms with Gasteiger partial charge in [0, 0.05) is 87.2 Å². The number of phenols is 1. The molecule has 0 spiro atoms. The first-order chi connectivity index (χ1) is 33.0. The lowest BCUT2D eigenvalue weighted by molar-refractivity contribution is -0.134. The lowest BCUT2D eigenvalue weighted by Gasteiger charge is -2.45. The fraction of sp³-hybridized carbons (Fsp3) is 0.519. The van der Waals surface area contributed by atoms with Crippen molar-refractivity contribution in [2.45, 2.75) is 90.1 Å². The Morgan fingerprint density at radius 1 is 0.841 bits per heavy atom. The van der Waals surface area contributed by atoms with Crippen molar-refractivity contribution in [1.82, 2.24) is 30.1 Å². The van der Waals surface area contributed by atoms with Crippen molar-refractivity contribution in [1.29, 1.82) is 0 Å².